The number of hydrogen-bond donors (Lipinski definition) is 1. The van der Waals surface area contributed by atoms with E-state index in [1.54, 1.807) is 0 Å². The topological polar surface area (TPSA) is 47.6 Å². The van der Waals surface area contributed by atoms with Gasteiger partial charge in [-0.1, -0.05) is 36.9 Å². The van der Waals surface area contributed by atoms with Crippen LogP contribution in [0.3, 0.4) is 0 Å². The number of ether oxygens (including phenoxy) is 2. The van der Waals surface area contributed by atoms with E-state index in [-0.39, 0.29) is 18.7 Å². The molecule has 0 spiro atoms. The molecule has 2 aromatic rings. The molecule has 2 aromatic carbocycles. The number of rotatable bonds is 4. The van der Waals surface area contributed by atoms with E-state index >= 15 is 0 Å². The fraction of sp³-hybridized carbons (Fsp3) is 0.167. The molecule has 0 unspecified atom stereocenters. The van der Waals surface area contributed by atoms with Gasteiger partial charge in [0.1, 0.15) is 0 Å². The van der Waals surface area contributed by atoms with Crippen molar-refractivity contribution in [3.05, 3.63) is 60.7 Å². The molecule has 1 amide bonds. The predicted octanol–water partition coefficient (Wildman–Crippen LogP) is 3.45. The van der Waals surface area contributed by atoms with Crippen molar-refractivity contribution in [2.75, 3.05) is 6.79 Å². The predicted molar refractivity (Wildman–Crippen MR) is 84.8 cm³/mol. The third-order valence-electron chi connectivity index (χ3n) is 3.66. The fourth-order valence-electron chi connectivity index (χ4n) is 2.40. The zero-order chi connectivity index (χ0) is 15.5. The van der Waals surface area contributed by atoms with Crippen molar-refractivity contribution >= 4 is 5.91 Å². The highest BCUT2D eigenvalue weighted by Crippen LogP contribution is 2.36. The minimum atomic E-state index is -0.174. The Balaban J connectivity index is 1.79. The normalized spacial score (nSPS) is 13.5. The van der Waals surface area contributed by atoms with E-state index < -0.39 is 0 Å². The molecule has 4 heteroatoms. The van der Waals surface area contributed by atoms with Crippen molar-refractivity contribution in [1.82, 2.24) is 5.32 Å². The third kappa shape index (κ3) is 2.81. The number of nitrogens with one attached hydrogen (secondary N) is 1. The van der Waals surface area contributed by atoms with Gasteiger partial charge >= 0.3 is 0 Å². The maximum absolute atomic E-state index is 11.3. The zero-order valence-corrected chi connectivity index (χ0v) is 12.3. The Morgan fingerprint density at radius 1 is 1.14 bits per heavy atom. The second-order valence-corrected chi connectivity index (χ2v) is 5.12. The smallest absolute Gasteiger partial charge is 0.243 e. The number of carbonyl (C=O) groups is 1. The molecular weight excluding hydrogens is 278 g/mol. The number of amides is 1. The molecule has 0 saturated heterocycles. The number of benzene rings is 2. The van der Waals surface area contributed by atoms with Crippen LogP contribution < -0.4 is 14.8 Å². The summed E-state index contributed by atoms with van der Waals surface area (Å²) in [6.07, 6.45) is 1.28. The average molecular weight is 295 g/mol. The monoisotopic (exact) mass is 295 g/mol. The van der Waals surface area contributed by atoms with Gasteiger partial charge in [0.25, 0.3) is 0 Å². The summed E-state index contributed by atoms with van der Waals surface area (Å²) in [6.45, 7) is 5.67. The second-order valence-electron chi connectivity index (χ2n) is 5.12. The summed E-state index contributed by atoms with van der Waals surface area (Å²) in [5.41, 5.74) is 3.20. The molecule has 0 bridgehead atoms. The highest BCUT2D eigenvalue weighted by atomic mass is 16.7. The van der Waals surface area contributed by atoms with Gasteiger partial charge in [-0.15, -0.1) is 0 Å². The summed E-state index contributed by atoms with van der Waals surface area (Å²) in [7, 11) is 0. The van der Waals surface area contributed by atoms with E-state index in [0.717, 1.165) is 28.2 Å². The lowest BCUT2D eigenvalue weighted by Crippen LogP contribution is -2.24. The first-order valence-corrected chi connectivity index (χ1v) is 7.10. The van der Waals surface area contributed by atoms with Crippen LogP contribution in [0.15, 0.2) is 55.1 Å². The van der Waals surface area contributed by atoms with Gasteiger partial charge in [0.2, 0.25) is 12.7 Å². The molecule has 1 N–H and O–H groups in total. The highest BCUT2D eigenvalue weighted by molar-refractivity contribution is 5.87. The van der Waals surface area contributed by atoms with Crippen LogP contribution in [0.1, 0.15) is 18.5 Å². The summed E-state index contributed by atoms with van der Waals surface area (Å²) in [6, 6.07) is 13.9. The van der Waals surface area contributed by atoms with Crippen molar-refractivity contribution in [2.24, 2.45) is 0 Å². The molecule has 0 radical (unpaired) electrons. The van der Waals surface area contributed by atoms with Crippen LogP contribution in [0.2, 0.25) is 0 Å². The van der Waals surface area contributed by atoms with Gasteiger partial charge in [0.05, 0.1) is 6.04 Å². The molecular formula is C18H17NO3. The third-order valence-corrected chi connectivity index (χ3v) is 3.66. The van der Waals surface area contributed by atoms with Crippen LogP contribution in [0.25, 0.3) is 11.1 Å². The summed E-state index contributed by atoms with van der Waals surface area (Å²) in [4.78, 5) is 11.3. The van der Waals surface area contributed by atoms with Gasteiger partial charge in [0.15, 0.2) is 11.5 Å². The maximum atomic E-state index is 11.3. The van der Waals surface area contributed by atoms with Gasteiger partial charge < -0.3 is 14.8 Å². The lowest BCUT2D eigenvalue weighted by atomic mass is 10.0. The van der Waals surface area contributed by atoms with Crippen LogP contribution >= 0.6 is 0 Å². The highest BCUT2D eigenvalue weighted by Gasteiger charge is 2.14. The standard InChI is InChI=1S/C18H17NO3/c1-3-18(20)19-12(2)13-4-6-14(7-5-13)15-8-9-16-17(10-15)22-11-21-16/h3-10,12H,1,11H2,2H3,(H,19,20)/t12-/m1/s1. The van der Waals surface area contributed by atoms with Crippen LogP contribution in [-0.4, -0.2) is 12.7 Å². The first-order chi connectivity index (χ1) is 10.7. The van der Waals surface area contributed by atoms with Crippen molar-refractivity contribution in [3.63, 3.8) is 0 Å². The van der Waals surface area contributed by atoms with E-state index in [2.05, 4.69) is 11.9 Å². The van der Waals surface area contributed by atoms with Gasteiger partial charge in [-0.25, -0.2) is 0 Å². The van der Waals surface area contributed by atoms with Crippen LogP contribution in [-0.2, 0) is 4.79 Å². The van der Waals surface area contributed by atoms with Crippen LogP contribution in [0.4, 0.5) is 0 Å². The van der Waals surface area contributed by atoms with Crippen molar-refractivity contribution in [2.45, 2.75) is 13.0 Å². The van der Waals surface area contributed by atoms with Gasteiger partial charge in [-0.05, 0) is 41.8 Å². The molecule has 4 nitrogen and oxygen atoms in total. The Bertz CT molecular complexity index is 707. The summed E-state index contributed by atoms with van der Waals surface area (Å²) in [5.74, 6) is 1.38. The Kier molecular flexibility index (Phi) is 3.83. The van der Waals surface area contributed by atoms with Gasteiger partial charge in [0, 0.05) is 0 Å². The number of hydrogen-bond acceptors (Lipinski definition) is 3. The molecule has 0 saturated carbocycles. The van der Waals surface area contributed by atoms with E-state index in [1.807, 2.05) is 49.4 Å². The van der Waals surface area contributed by atoms with E-state index in [4.69, 9.17) is 9.47 Å². The van der Waals surface area contributed by atoms with Crippen LogP contribution in [0.5, 0.6) is 11.5 Å². The molecule has 1 aliphatic heterocycles. The molecule has 1 atom stereocenters. The number of fused-ring (bicyclic) bond motifs is 1. The van der Waals surface area contributed by atoms with E-state index in [9.17, 15) is 4.79 Å². The molecule has 22 heavy (non-hydrogen) atoms. The first-order valence-electron chi connectivity index (χ1n) is 7.10. The van der Waals surface area contributed by atoms with Crippen molar-refractivity contribution in [1.29, 1.82) is 0 Å². The minimum absolute atomic E-state index is 0.0590. The molecule has 0 aromatic heterocycles. The van der Waals surface area contributed by atoms with E-state index in [1.165, 1.54) is 6.08 Å². The molecule has 0 fully saturated rings. The van der Waals surface area contributed by atoms with Crippen molar-refractivity contribution in [3.8, 4) is 22.6 Å². The van der Waals surface area contributed by atoms with E-state index in [0.29, 0.717) is 0 Å². The fourth-order valence-corrected chi connectivity index (χ4v) is 2.40. The van der Waals surface area contributed by atoms with Crippen LogP contribution in [0, 0.1) is 0 Å². The molecule has 0 aliphatic carbocycles. The average Bonchev–Trinajstić information content (AvgIpc) is 3.02. The Hall–Kier alpha value is -2.75. The first kappa shape index (κ1) is 14.2. The van der Waals surface area contributed by atoms with Crippen molar-refractivity contribution < 1.29 is 14.3 Å². The summed E-state index contributed by atoms with van der Waals surface area (Å²) in [5, 5.41) is 2.85. The maximum Gasteiger partial charge on any atom is 0.243 e. The lowest BCUT2D eigenvalue weighted by Gasteiger charge is -2.13. The molecule has 1 heterocycles. The second kappa shape index (κ2) is 5.93. The minimum Gasteiger partial charge on any atom is -0.454 e. The summed E-state index contributed by atoms with van der Waals surface area (Å²) >= 11 is 0. The zero-order valence-electron chi connectivity index (χ0n) is 12.3. The Morgan fingerprint density at radius 2 is 1.82 bits per heavy atom. The van der Waals surface area contributed by atoms with Gasteiger partial charge in [-0.2, -0.15) is 0 Å². The SMILES string of the molecule is C=CC(=O)N[C@H](C)c1ccc(-c2ccc3c(c2)OCO3)cc1. The molecule has 112 valence electrons. The Morgan fingerprint density at radius 3 is 2.55 bits per heavy atom. The lowest BCUT2D eigenvalue weighted by molar-refractivity contribution is -0.117. The molecule has 3 rings (SSSR count). The Labute approximate surface area is 129 Å². The molecule has 1 aliphatic rings. The number of carbonyl (C=O) groups excluding carboxylic acids is 1. The largest absolute Gasteiger partial charge is 0.454 e. The van der Waals surface area contributed by atoms with Gasteiger partial charge in [-0.3, -0.25) is 4.79 Å². The quantitative estimate of drug-likeness (QED) is 0.879. The summed E-state index contributed by atoms with van der Waals surface area (Å²) < 4.78 is 10.7.